The summed E-state index contributed by atoms with van der Waals surface area (Å²) in [6.45, 7) is 0. The number of anilines is 1. The lowest BCUT2D eigenvalue weighted by Crippen LogP contribution is -2.33. The topological polar surface area (TPSA) is 55.8 Å². The van der Waals surface area contributed by atoms with Crippen LogP contribution >= 0.6 is 0 Å². The van der Waals surface area contributed by atoms with Crippen LogP contribution in [0.2, 0.25) is 0 Å². The summed E-state index contributed by atoms with van der Waals surface area (Å²) in [6, 6.07) is 23.9. The summed E-state index contributed by atoms with van der Waals surface area (Å²) in [4.78, 5) is 31.6. The quantitative estimate of drug-likeness (QED) is 0.465. The molecule has 1 heterocycles. The fraction of sp³-hybridized carbons (Fsp3) is 0.167. The molecule has 0 aromatic heterocycles. The molecule has 0 N–H and O–H groups in total. The van der Waals surface area contributed by atoms with E-state index >= 15 is 0 Å². The number of ether oxygens (including phenoxy) is 1. The van der Waals surface area contributed by atoms with E-state index in [1.165, 1.54) is 19.2 Å². The summed E-state index contributed by atoms with van der Waals surface area (Å²) in [6.07, 6.45) is -0.863. The van der Waals surface area contributed by atoms with Crippen molar-refractivity contribution in [3.05, 3.63) is 102 Å². The van der Waals surface area contributed by atoms with Crippen LogP contribution in [0.1, 0.15) is 23.3 Å². The summed E-state index contributed by atoms with van der Waals surface area (Å²) in [5.74, 6) is -3.06. The first kappa shape index (κ1) is 19.8. The Bertz CT molecular complexity index is 1040. The van der Waals surface area contributed by atoms with Crippen LogP contribution in [-0.2, 0) is 19.2 Å². The molecule has 1 fully saturated rings. The lowest BCUT2D eigenvalue weighted by Gasteiger charge is -2.26. The monoisotopic (exact) mass is 405 g/mol. The summed E-state index contributed by atoms with van der Waals surface area (Å²) in [5.41, 5.74) is 1.98. The molecule has 0 aliphatic carbocycles. The van der Waals surface area contributed by atoms with Gasteiger partial charge in [0, 0.05) is 0 Å². The minimum atomic E-state index is -0.958. The van der Waals surface area contributed by atoms with Gasteiger partial charge in [0.05, 0.1) is 24.8 Å². The maximum Gasteiger partial charge on any atom is 0.374 e. The van der Waals surface area contributed by atoms with Crippen LogP contribution in [0.4, 0.5) is 10.1 Å². The number of rotatable bonds is 5. The van der Waals surface area contributed by atoms with Gasteiger partial charge in [0.25, 0.3) is 0 Å². The molecular weight excluding hydrogens is 385 g/mol. The highest BCUT2D eigenvalue weighted by Crippen LogP contribution is 2.49. The molecule has 0 saturated carbocycles. The Morgan fingerprint density at radius 3 is 2.17 bits per heavy atom. The number of carbonyl (C=O) groups is 2. The van der Waals surface area contributed by atoms with Crippen LogP contribution in [0.5, 0.6) is 0 Å². The minimum absolute atomic E-state index is 0.449. The first-order valence-electron chi connectivity index (χ1n) is 9.54. The third-order valence-electron chi connectivity index (χ3n) is 5.16. The van der Waals surface area contributed by atoms with Gasteiger partial charge in [-0.3, -0.25) is 9.63 Å². The predicted molar refractivity (Wildman–Crippen MR) is 109 cm³/mol. The number of nitrogens with zero attached hydrogens (tertiary/aromatic N) is 1. The van der Waals surface area contributed by atoms with E-state index in [0.29, 0.717) is 11.3 Å². The number of hydrogen-bond donors (Lipinski definition) is 0. The zero-order valence-corrected chi connectivity index (χ0v) is 16.3. The van der Waals surface area contributed by atoms with E-state index in [2.05, 4.69) is 0 Å². The average molecular weight is 405 g/mol. The summed E-state index contributed by atoms with van der Waals surface area (Å²) in [7, 11) is 1.17. The number of methoxy groups -OCH3 is 1. The van der Waals surface area contributed by atoms with Gasteiger partial charge in [0.15, 0.2) is 0 Å². The van der Waals surface area contributed by atoms with Crippen LogP contribution in [0.15, 0.2) is 84.9 Å². The van der Waals surface area contributed by atoms with Crippen molar-refractivity contribution < 1.29 is 23.6 Å². The SMILES string of the molecule is COC(=O)C(=O)[C@@H]1[C@@H](c2ccccc2)N(c2ccccc2)O[C@H]1c1cccc(F)c1. The van der Waals surface area contributed by atoms with Gasteiger partial charge >= 0.3 is 5.97 Å². The van der Waals surface area contributed by atoms with E-state index in [-0.39, 0.29) is 0 Å². The Kier molecular flexibility index (Phi) is 5.59. The Morgan fingerprint density at radius 1 is 0.900 bits per heavy atom. The van der Waals surface area contributed by atoms with Crippen molar-refractivity contribution in [3.8, 4) is 0 Å². The number of esters is 1. The van der Waals surface area contributed by atoms with Crippen molar-refractivity contribution >= 4 is 17.4 Å². The predicted octanol–water partition coefficient (Wildman–Crippen LogP) is 4.42. The molecule has 1 aliphatic heterocycles. The molecule has 0 radical (unpaired) electrons. The molecule has 0 spiro atoms. The van der Waals surface area contributed by atoms with Crippen molar-refractivity contribution in [2.45, 2.75) is 12.1 Å². The van der Waals surface area contributed by atoms with Gasteiger partial charge in [-0.1, -0.05) is 60.7 Å². The van der Waals surface area contributed by atoms with E-state index in [1.807, 2.05) is 60.7 Å². The van der Waals surface area contributed by atoms with Gasteiger partial charge in [-0.15, -0.1) is 0 Å². The van der Waals surface area contributed by atoms with E-state index in [0.717, 1.165) is 5.56 Å². The molecule has 1 aliphatic rings. The van der Waals surface area contributed by atoms with Crippen molar-refractivity contribution in [3.63, 3.8) is 0 Å². The van der Waals surface area contributed by atoms with Crippen LogP contribution in [-0.4, -0.2) is 18.9 Å². The molecule has 3 atom stereocenters. The number of para-hydroxylation sites is 1. The number of hydrogen-bond acceptors (Lipinski definition) is 5. The van der Waals surface area contributed by atoms with Crippen LogP contribution < -0.4 is 5.06 Å². The molecule has 1 saturated heterocycles. The number of hydroxylamine groups is 1. The summed E-state index contributed by atoms with van der Waals surface area (Å²) < 4.78 is 18.7. The second-order valence-corrected chi connectivity index (χ2v) is 6.98. The highest BCUT2D eigenvalue weighted by atomic mass is 19.1. The van der Waals surface area contributed by atoms with Gasteiger partial charge in [0.1, 0.15) is 11.9 Å². The van der Waals surface area contributed by atoms with E-state index in [1.54, 1.807) is 17.2 Å². The Balaban J connectivity index is 1.88. The van der Waals surface area contributed by atoms with Crippen LogP contribution in [0.3, 0.4) is 0 Å². The Morgan fingerprint density at radius 2 is 1.53 bits per heavy atom. The smallest absolute Gasteiger partial charge is 0.374 e. The second-order valence-electron chi connectivity index (χ2n) is 6.98. The number of Topliss-reactive ketones (excluding diaryl/α,β-unsaturated/α-hetero) is 1. The van der Waals surface area contributed by atoms with E-state index in [9.17, 15) is 14.0 Å². The van der Waals surface area contributed by atoms with Crippen molar-refractivity contribution in [2.75, 3.05) is 12.2 Å². The normalized spacial score (nSPS) is 20.7. The fourth-order valence-electron chi connectivity index (χ4n) is 3.82. The lowest BCUT2D eigenvalue weighted by atomic mass is 9.83. The Hall–Kier alpha value is -3.51. The maximum absolute atomic E-state index is 14.0. The van der Waals surface area contributed by atoms with Crippen molar-refractivity contribution in [1.82, 2.24) is 0 Å². The molecule has 0 amide bonds. The lowest BCUT2D eigenvalue weighted by molar-refractivity contribution is -0.154. The van der Waals surface area contributed by atoms with Crippen LogP contribution in [0.25, 0.3) is 0 Å². The zero-order valence-electron chi connectivity index (χ0n) is 16.3. The van der Waals surface area contributed by atoms with Gasteiger partial charge < -0.3 is 4.74 Å². The maximum atomic E-state index is 14.0. The molecule has 152 valence electrons. The fourth-order valence-corrected chi connectivity index (χ4v) is 3.82. The van der Waals surface area contributed by atoms with Gasteiger partial charge in [-0.2, -0.15) is 0 Å². The number of benzene rings is 3. The molecule has 0 unspecified atom stereocenters. The van der Waals surface area contributed by atoms with E-state index < -0.39 is 35.6 Å². The van der Waals surface area contributed by atoms with Gasteiger partial charge in [-0.25, -0.2) is 14.2 Å². The number of carbonyl (C=O) groups excluding carboxylic acids is 2. The molecule has 3 aromatic carbocycles. The third-order valence-corrected chi connectivity index (χ3v) is 5.16. The van der Waals surface area contributed by atoms with Gasteiger partial charge in [-0.05, 0) is 35.4 Å². The summed E-state index contributed by atoms with van der Waals surface area (Å²) >= 11 is 0. The molecule has 0 bridgehead atoms. The first-order valence-corrected chi connectivity index (χ1v) is 9.54. The van der Waals surface area contributed by atoms with Crippen molar-refractivity contribution in [1.29, 1.82) is 0 Å². The van der Waals surface area contributed by atoms with Crippen LogP contribution in [0, 0.1) is 11.7 Å². The molecule has 4 rings (SSSR count). The first-order chi connectivity index (χ1) is 14.6. The Labute approximate surface area is 173 Å². The number of halogens is 1. The standard InChI is InChI=1S/C24H20FNO4/c1-29-24(28)22(27)20-21(16-9-4-2-5-10-16)26(19-13-6-3-7-14-19)30-23(20)17-11-8-12-18(25)15-17/h2-15,20-21,23H,1H3/t20-,21+,23-/m0/s1. The summed E-state index contributed by atoms with van der Waals surface area (Å²) in [5, 5.41) is 1.62. The zero-order chi connectivity index (χ0) is 21.1. The highest BCUT2D eigenvalue weighted by molar-refractivity contribution is 6.34. The third kappa shape index (κ3) is 3.69. The minimum Gasteiger partial charge on any atom is -0.463 e. The molecule has 5 nitrogen and oxygen atoms in total. The second kappa shape index (κ2) is 8.47. The van der Waals surface area contributed by atoms with Crippen molar-refractivity contribution in [2.24, 2.45) is 5.92 Å². The highest BCUT2D eigenvalue weighted by Gasteiger charge is 2.51. The molecule has 30 heavy (non-hydrogen) atoms. The molecule has 6 heteroatoms. The average Bonchev–Trinajstić information content (AvgIpc) is 3.20. The number of ketones is 1. The molecule has 3 aromatic rings. The largest absolute Gasteiger partial charge is 0.463 e. The van der Waals surface area contributed by atoms with E-state index in [4.69, 9.17) is 9.57 Å². The van der Waals surface area contributed by atoms with Gasteiger partial charge in [0.2, 0.25) is 5.78 Å². The molecular formula is C24H20FNO4.